The predicted octanol–water partition coefficient (Wildman–Crippen LogP) is 2.67. The van der Waals surface area contributed by atoms with Gasteiger partial charge < -0.3 is 9.88 Å². The molecule has 1 aromatic rings. The van der Waals surface area contributed by atoms with Crippen LogP contribution in [0.2, 0.25) is 0 Å². The molecule has 20 heavy (non-hydrogen) atoms. The molecule has 0 saturated heterocycles. The van der Waals surface area contributed by atoms with E-state index in [1.165, 1.54) is 12.3 Å². The summed E-state index contributed by atoms with van der Waals surface area (Å²) in [7, 11) is 1.57. The first-order chi connectivity index (χ1) is 9.43. The van der Waals surface area contributed by atoms with Crippen molar-refractivity contribution in [3.05, 3.63) is 18.0 Å². The van der Waals surface area contributed by atoms with E-state index in [1.54, 1.807) is 4.57 Å². The fourth-order valence-electron chi connectivity index (χ4n) is 2.58. The van der Waals surface area contributed by atoms with Gasteiger partial charge >= 0.3 is 0 Å². The minimum absolute atomic E-state index is 0.00675. The molecule has 0 radical (unpaired) electrons. The van der Waals surface area contributed by atoms with Crippen molar-refractivity contribution >= 4 is 25.6 Å². The van der Waals surface area contributed by atoms with Gasteiger partial charge in [0, 0.05) is 29.5 Å². The van der Waals surface area contributed by atoms with Crippen LogP contribution in [0.1, 0.15) is 55.6 Å². The third-order valence-electron chi connectivity index (χ3n) is 3.59. The smallest absolute Gasteiger partial charge is 0.267 e. The average molecular weight is 319 g/mol. The molecule has 0 atom stereocenters. The quantitative estimate of drug-likeness (QED) is 0.849. The van der Waals surface area contributed by atoms with Gasteiger partial charge in [0.05, 0.1) is 0 Å². The lowest BCUT2D eigenvalue weighted by Gasteiger charge is -2.15. The summed E-state index contributed by atoms with van der Waals surface area (Å²) in [5.74, 6) is -0.245. The molecule has 1 fully saturated rings. The lowest BCUT2D eigenvalue weighted by atomic mass is 10.2. The molecule has 1 aromatic heterocycles. The van der Waals surface area contributed by atoms with Crippen LogP contribution in [0.4, 0.5) is 0 Å². The van der Waals surface area contributed by atoms with E-state index in [9.17, 15) is 13.2 Å². The second-order valence-electron chi connectivity index (χ2n) is 5.10. The summed E-state index contributed by atoms with van der Waals surface area (Å²) < 4.78 is 24.7. The minimum atomic E-state index is -3.82. The molecule has 1 aliphatic carbocycles. The van der Waals surface area contributed by atoms with Crippen LogP contribution in [0.15, 0.2) is 17.2 Å². The number of rotatable bonds is 5. The summed E-state index contributed by atoms with van der Waals surface area (Å²) in [6.45, 7) is 2.53. The zero-order valence-electron chi connectivity index (χ0n) is 11.4. The zero-order chi connectivity index (χ0) is 14.8. The van der Waals surface area contributed by atoms with Gasteiger partial charge in [0.15, 0.2) is 0 Å². The Morgan fingerprint density at radius 2 is 2.10 bits per heavy atom. The van der Waals surface area contributed by atoms with Crippen LogP contribution in [0.5, 0.6) is 0 Å². The molecular formula is C13H19ClN2O3S. The first-order valence-corrected chi connectivity index (χ1v) is 9.19. The van der Waals surface area contributed by atoms with E-state index in [0.717, 1.165) is 32.1 Å². The molecule has 0 aliphatic heterocycles. The molecule has 1 saturated carbocycles. The standard InChI is InChI=1S/C13H19ClN2O3S/c1-2-7-15-13(17)12-8-11(20(14,18)19)9-16(12)10-5-3-4-6-10/h8-10H,2-7H2,1H3,(H,15,17). The van der Waals surface area contributed by atoms with Crippen molar-refractivity contribution in [1.29, 1.82) is 0 Å². The molecule has 0 spiro atoms. The fraction of sp³-hybridized carbons (Fsp3) is 0.615. The maximum absolute atomic E-state index is 12.2. The second-order valence-corrected chi connectivity index (χ2v) is 7.67. The van der Waals surface area contributed by atoms with E-state index < -0.39 is 9.05 Å². The summed E-state index contributed by atoms with van der Waals surface area (Å²) in [6, 6.07) is 1.55. The maximum atomic E-state index is 12.2. The summed E-state index contributed by atoms with van der Waals surface area (Å²) in [4.78, 5) is 12.1. The van der Waals surface area contributed by atoms with Crippen LogP contribution in [-0.2, 0) is 9.05 Å². The third kappa shape index (κ3) is 3.35. The first kappa shape index (κ1) is 15.4. The number of carbonyl (C=O) groups excluding carboxylic acids is 1. The van der Waals surface area contributed by atoms with Crippen LogP contribution < -0.4 is 5.32 Å². The van der Waals surface area contributed by atoms with Crippen molar-refractivity contribution in [2.24, 2.45) is 0 Å². The molecule has 0 unspecified atom stereocenters. The van der Waals surface area contributed by atoms with Gasteiger partial charge in [-0.05, 0) is 25.3 Å². The van der Waals surface area contributed by atoms with Gasteiger partial charge in [0.1, 0.15) is 10.6 Å². The molecule has 112 valence electrons. The average Bonchev–Trinajstić information content (AvgIpc) is 3.02. The maximum Gasteiger partial charge on any atom is 0.267 e. The molecule has 1 amide bonds. The number of carbonyl (C=O) groups is 1. The van der Waals surface area contributed by atoms with Crippen LogP contribution in [0.3, 0.4) is 0 Å². The summed E-state index contributed by atoms with van der Waals surface area (Å²) in [5.41, 5.74) is 0.379. The summed E-state index contributed by atoms with van der Waals surface area (Å²) >= 11 is 0. The lowest BCUT2D eigenvalue weighted by Crippen LogP contribution is -2.27. The molecule has 7 heteroatoms. The number of nitrogens with zero attached hydrogens (tertiary/aromatic N) is 1. The third-order valence-corrected chi connectivity index (χ3v) is 4.91. The van der Waals surface area contributed by atoms with Gasteiger partial charge in [-0.15, -0.1) is 0 Å². The highest BCUT2D eigenvalue weighted by Crippen LogP contribution is 2.32. The zero-order valence-corrected chi connectivity index (χ0v) is 13.0. The molecular weight excluding hydrogens is 300 g/mol. The van der Waals surface area contributed by atoms with E-state index >= 15 is 0 Å². The fourth-order valence-corrected chi connectivity index (χ4v) is 3.33. The Labute approximate surface area is 123 Å². The number of hydrogen-bond acceptors (Lipinski definition) is 3. The monoisotopic (exact) mass is 318 g/mol. The van der Waals surface area contributed by atoms with Gasteiger partial charge in [0.25, 0.3) is 15.0 Å². The van der Waals surface area contributed by atoms with Crippen molar-refractivity contribution in [2.75, 3.05) is 6.54 Å². The van der Waals surface area contributed by atoms with Crippen molar-refractivity contribution in [1.82, 2.24) is 9.88 Å². The van der Waals surface area contributed by atoms with Gasteiger partial charge in [-0.1, -0.05) is 19.8 Å². The topological polar surface area (TPSA) is 68.2 Å². The molecule has 2 rings (SSSR count). The van der Waals surface area contributed by atoms with Crippen molar-refractivity contribution in [3.8, 4) is 0 Å². The molecule has 0 aromatic carbocycles. The normalized spacial score (nSPS) is 16.5. The van der Waals surface area contributed by atoms with Crippen LogP contribution in [0.25, 0.3) is 0 Å². The molecule has 1 N–H and O–H groups in total. The number of halogens is 1. The lowest BCUT2D eigenvalue weighted by molar-refractivity contribution is 0.0942. The number of amides is 1. The van der Waals surface area contributed by atoms with E-state index in [2.05, 4.69) is 5.32 Å². The van der Waals surface area contributed by atoms with Crippen LogP contribution >= 0.6 is 10.7 Å². The number of hydrogen-bond donors (Lipinski definition) is 1. The van der Waals surface area contributed by atoms with Crippen molar-refractivity contribution in [2.45, 2.75) is 50.0 Å². The van der Waals surface area contributed by atoms with Crippen LogP contribution in [-0.4, -0.2) is 25.4 Å². The SMILES string of the molecule is CCCNC(=O)c1cc(S(=O)(=O)Cl)cn1C1CCCC1. The Morgan fingerprint density at radius 1 is 1.45 bits per heavy atom. The second kappa shape index (κ2) is 6.18. The molecule has 5 nitrogen and oxygen atoms in total. The summed E-state index contributed by atoms with van der Waals surface area (Å²) in [6.07, 6.45) is 6.44. The Hall–Kier alpha value is -1.01. The Bertz CT molecular complexity index is 589. The van der Waals surface area contributed by atoms with Gasteiger partial charge in [-0.25, -0.2) is 8.42 Å². The molecule has 1 heterocycles. The highest BCUT2D eigenvalue weighted by atomic mass is 35.7. The Kier molecular flexibility index (Phi) is 4.75. The van der Waals surface area contributed by atoms with E-state index in [-0.39, 0.29) is 16.8 Å². The Morgan fingerprint density at radius 3 is 2.65 bits per heavy atom. The van der Waals surface area contributed by atoms with Crippen molar-refractivity contribution in [3.63, 3.8) is 0 Å². The van der Waals surface area contributed by atoms with Gasteiger partial charge in [-0.3, -0.25) is 4.79 Å². The summed E-state index contributed by atoms with van der Waals surface area (Å²) in [5, 5.41) is 2.78. The van der Waals surface area contributed by atoms with Crippen LogP contribution in [0, 0.1) is 0 Å². The van der Waals surface area contributed by atoms with Gasteiger partial charge in [-0.2, -0.15) is 0 Å². The highest BCUT2D eigenvalue weighted by Gasteiger charge is 2.25. The van der Waals surface area contributed by atoms with E-state index in [4.69, 9.17) is 10.7 Å². The predicted molar refractivity (Wildman–Crippen MR) is 77.6 cm³/mol. The van der Waals surface area contributed by atoms with E-state index in [1.807, 2.05) is 6.92 Å². The Balaban J connectivity index is 2.36. The molecule has 0 bridgehead atoms. The largest absolute Gasteiger partial charge is 0.351 e. The van der Waals surface area contributed by atoms with E-state index in [0.29, 0.717) is 12.2 Å². The molecule has 1 aliphatic rings. The first-order valence-electron chi connectivity index (χ1n) is 6.88. The number of aromatic nitrogens is 1. The van der Waals surface area contributed by atoms with Crippen molar-refractivity contribution < 1.29 is 13.2 Å². The van der Waals surface area contributed by atoms with Gasteiger partial charge in [0.2, 0.25) is 0 Å². The minimum Gasteiger partial charge on any atom is -0.351 e. The highest BCUT2D eigenvalue weighted by molar-refractivity contribution is 8.13. The number of nitrogens with one attached hydrogen (secondary N) is 1.